The van der Waals surface area contributed by atoms with Crippen LogP contribution in [0.3, 0.4) is 0 Å². The van der Waals surface area contributed by atoms with Crippen LogP contribution < -0.4 is 0 Å². The standard InChI is InChI=1S/C21H17N/c1-2-15-7-3-6-10-19(15)21-13-20-17(14-22-21)12-11-16-8-4-5-9-18(16)20/h3-14H,2H2,1H3. The second-order valence-corrected chi connectivity index (χ2v) is 5.59. The van der Waals surface area contributed by atoms with E-state index in [2.05, 4.69) is 73.7 Å². The van der Waals surface area contributed by atoms with Gasteiger partial charge < -0.3 is 0 Å². The van der Waals surface area contributed by atoms with Gasteiger partial charge in [-0.15, -0.1) is 0 Å². The van der Waals surface area contributed by atoms with Gasteiger partial charge in [0.1, 0.15) is 0 Å². The van der Waals surface area contributed by atoms with Crippen molar-refractivity contribution in [3.05, 3.63) is 78.5 Å². The summed E-state index contributed by atoms with van der Waals surface area (Å²) >= 11 is 0. The number of hydrogen-bond donors (Lipinski definition) is 0. The number of nitrogens with zero attached hydrogens (tertiary/aromatic N) is 1. The first kappa shape index (κ1) is 13.0. The van der Waals surface area contributed by atoms with Crippen LogP contribution >= 0.6 is 0 Å². The Morgan fingerprint density at radius 1 is 0.773 bits per heavy atom. The summed E-state index contributed by atoms with van der Waals surface area (Å²) in [5.41, 5.74) is 3.63. The molecular weight excluding hydrogens is 266 g/mol. The lowest BCUT2D eigenvalue weighted by molar-refractivity contribution is 1.14. The average Bonchev–Trinajstić information content (AvgIpc) is 2.61. The third-order valence-corrected chi connectivity index (χ3v) is 4.30. The van der Waals surface area contributed by atoms with Crippen molar-refractivity contribution in [2.45, 2.75) is 13.3 Å². The van der Waals surface area contributed by atoms with Crippen LogP contribution in [0.5, 0.6) is 0 Å². The van der Waals surface area contributed by atoms with Crippen LogP contribution in [0.15, 0.2) is 72.9 Å². The van der Waals surface area contributed by atoms with Gasteiger partial charge in [-0.1, -0.05) is 67.6 Å². The number of aryl methyl sites for hydroxylation is 1. The highest BCUT2D eigenvalue weighted by Gasteiger charge is 2.07. The van der Waals surface area contributed by atoms with Crippen molar-refractivity contribution >= 4 is 21.5 Å². The summed E-state index contributed by atoms with van der Waals surface area (Å²) in [6.07, 6.45) is 3.01. The molecule has 0 radical (unpaired) electrons. The van der Waals surface area contributed by atoms with Gasteiger partial charge in [0.25, 0.3) is 0 Å². The molecule has 0 amide bonds. The summed E-state index contributed by atoms with van der Waals surface area (Å²) in [6, 6.07) is 23.6. The molecule has 1 nitrogen and oxygen atoms in total. The molecule has 0 aliphatic rings. The van der Waals surface area contributed by atoms with E-state index in [-0.39, 0.29) is 0 Å². The van der Waals surface area contributed by atoms with E-state index >= 15 is 0 Å². The molecule has 0 atom stereocenters. The van der Waals surface area contributed by atoms with Gasteiger partial charge in [0, 0.05) is 17.1 Å². The third kappa shape index (κ3) is 2.06. The molecule has 1 aromatic heterocycles. The highest BCUT2D eigenvalue weighted by atomic mass is 14.7. The van der Waals surface area contributed by atoms with Crippen molar-refractivity contribution in [2.75, 3.05) is 0 Å². The summed E-state index contributed by atoms with van der Waals surface area (Å²) in [4.78, 5) is 4.69. The lowest BCUT2D eigenvalue weighted by Gasteiger charge is -2.09. The predicted molar refractivity (Wildman–Crippen MR) is 94.1 cm³/mol. The van der Waals surface area contributed by atoms with Crippen molar-refractivity contribution in [3.63, 3.8) is 0 Å². The molecule has 4 aromatic rings. The highest BCUT2D eigenvalue weighted by Crippen LogP contribution is 2.29. The van der Waals surface area contributed by atoms with E-state index in [0.717, 1.165) is 12.1 Å². The smallest absolute Gasteiger partial charge is 0.0711 e. The molecule has 1 heterocycles. The zero-order chi connectivity index (χ0) is 14.9. The largest absolute Gasteiger partial charge is 0.256 e. The average molecular weight is 283 g/mol. The Balaban J connectivity index is 2.02. The maximum Gasteiger partial charge on any atom is 0.0711 e. The number of aromatic nitrogens is 1. The van der Waals surface area contributed by atoms with Crippen LogP contribution in [0.4, 0.5) is 0 Å². The molecule has 0 N–H and O–H groups in total. The first-order valence-electron chi connectivity index (χ1n) is 7.72. The van der Waals surface area contributed by atoms with E-state index in [1.165, 1.54) is 32.7 Å². The van der Waals surface area contributed by atoms with Gasteiger partial charge in [-0.3, -0.25) is 4.98 Å². The number of hydrogen-bond acceptors (Lipinski definition) is 1. The molecule has 22 heavy (non-hydrogen) atoms. The van der Waals surface area contributed by atoms with Gasteiger partial charge in [-0.2, -0.15) is 0 Å². The van der Waals surface area contributed by atoms with Crippen LogP contribution in [0, 0.1) is 0 Å². The zero-order valence-corrected chi connectivity index (χ0v) is 12.6. The molecule has 0 aliphatic heterocycles. The minimum absolute atomic E-state index is 1.02. The fourth-order valence-electron chi connectivity index (χ4n) is 3.12. The lowest BCUT2D eigenvalue weighted by Crippen LogP contribution is -1.90. The first-order chi connectivity index (χ1) is 10.9. The van der Waals surface area contributed by atoms with Crippen LogP contribution in [-0.4, -0.2) is 4.98 Å². The van der Waals surface area contributed by atoms with Crippen molar-refractivity contribution in [1.82, 2.24) is 4.98 Å². The Morgan fingerprint density at radius 3 is 2.45 bits per heavy atom. The first-order valence-corrected chi connectivity index (χ1v) is 7.72. The Kier molecular flexibility index (Phi) is 3.12. The molecule has 0 spiro atoms. The number of rotatable bonds is 2. The Labute approximate surface area is 130 Å². The summed E-state index contributed by atoms with van der Waals surface area (Å²) < 4.78 is 0. The third-order valence-electron chi connectivity index (χ3n) is 4.30. The fourth-order valence-corrected chi connectivity index (χ4v) is 3.12. The lowest BCUT2D eigenvalue weighted by atomic mass is 9.98. The van der Waals surface area contributed by atoms with Crippen LogP contribution in [-0.2, 0) is 6.42 Å². The molecule has 0 fully saturated rings. The van der Waals surface area contributed by atoms with E-state index in [0.29, 0.717) is 0 Å². The molecule has 0 unspecified atom stereocenters. The summed E-state index contributed by atoms with van der Waals surface area (Å²) in [5, 5.41) is 5.03. The quantitative estimate of drug-likeness (QED) is 0.435. The van der Waals surface area contributed by atoms with E-state index in [9.17, 15) is 0 Å². The van der Waals surface area contributed by atoms with Gasteiger partial charge in [-0.25, -0.2) is 0 Å². The summed E-state index contributed by atoms with van der Waals surface area (Å²) in [5.74, 6) is 0. The van der Waals surface area contributed by atoms with Crippen LogP contribution in [0.2, 0.25) is 0 Å². The predicted octanol–water partition coefficient (Wildman–Crippen LogP) is 5.62. The van der Waals surface area contributed by atoms with Gasteiger partial charge in [0.05, 0.1) is 5.69 Å². The van der Waals surface area contributed by atoms with Crippen LogP contribution in [0.1, 0.15) is 12.5 Å². The fraction of sp³-hybridized carbons (Fsp3) is 0.0952. The molecular formula is C21H17N. The maximum absolute atomic E-state index is 4.69. The SMILES string of the molecule is CCc1ccccc1-c1cc2c(ccc3ccccc32)cn1. The normalized spacial score (nSPS) is 11.1. The van der Waals surface area contributed by atoms with Gasteiger partial charge in [0.2, 0.25) is 0 Å². The molecule has 3 aromatic carbocycles. The topological polar surface area (TPSA) is 12.9 Å². The van der Waals surface area contributed by atoms with Gasteiger partial charge in [-0.05, 0) is 34.2 Å². The van der Waals surface area contributed by atoms with E-state index < -0.39 is 0 Å². The molecule has 106 valence electrons. The molecule has 0 saturated heterocycles. The molecule has 4 rings (SSSR count). The number of pyridine rings is 1. The van der Waals surface area contributed by atoms with E-state index in [1.54, 1.807) is 0 Å². The molecule has 0 aliphatic carbocycles. The molecule has 1 heteroatoms. The maximum atomic E-state index is 4.69. The van der Waals surface area contributed by atoms with Crippen molar-refractivity contribution in [3.8, 4) is 11.3 Å². The number of benzene rings is 3. The van der Waals surface area contributed by atoms with E-state index in [1.807, 2.05) is 6.20 Å². The zero-order valence-electron chi connectivity index (χ0n) is 12.6. The Bertz CT molecular complexity index is 970. The Hall–Kier alpha value is -2.67. The highest BCUT2D eigenvalue weighted by molar-refractivity contribution is 6.08. The Morgan fingerprint density at radius 2 is 1.55 bits per heavy atom. The number of fused-ring (bicyclic) bond motifs is 3. The monoisotopic (exact) mass is 283 g/mol. The van der Waals surface area contributed by atoms with Crippen molar-refractivity contribution in [2.24, 2.45) is 0 Å². The van der Waals surface area contributed by atoms with Gasteiger partial charge >= 0.3 is 0 Å². The minimum Gasteiger partial charge on any atom is -0.256 e. The summed E-state index contributed by atoms with van der Waals surface area (Å²) in [6.45, 7) is 2.19. The molecule has 0 saturated carbocycles. The molecule has 0 bridgehead atoms. The van der Waals surface area contributed by atoms with Crippen molar-refractivity contribution in [1.29, 1.82) is 0 Å². The second kappa shape index (κ2) is 5.27. The summed E-state index contributed by atoms with van der Waals surface area (Å²) in [7, 11) is 0. The minimum atomic E-state index is 1.02. The van der Waals surface area contributed by atoms with Crippen LogP contribution in [0.25, 0.3) is 32.8 Å². The van der Waals surface area contributed by atoms with E-state index in [4.69, 9.17) is 4.98 Å². The van der Waals surface area contributed by atoms with Crippen molar-refractivity contribution < 1.29 is 0 Å². The van der Waals surface area contributed by atoms with Gasteiger partial charge in [0.15, 0.2) is 0 Å². The second-order valence-electron chi connectivity index (χ2n) is 5.59.